The van der Waals surface area contributed by atoms with E-state index in [-0.39, 0.29) is 6.09 Å². The molecule has 0 spiro atoms. The molecule has 4 nitrogen and oxygen atoms in total. The first-order chi connectivity index (χ1) is 8.40. The Balaban J connectivity index is 2.15. The molecule has 0 bridgehead atoms. The minimum absolute atomic E-state index is 0.284. The molecule has 0 aliphatic carbocycles. The zero-order chi connectivity index (χ0) is 13.3. The number of rotatable bonds is 1. The van der Waals surface area contributed by atoms with E-state index < -0.39 is 5.60 Å². The van der Waals surface area contributed by atoms with Crippen LogP contribution in [0.15, 0.2) is 23.2 Å². The first-order valence-corrected chi connectivity index (χ1v) is 5.96. The minimum Gasteiger partial charge on any atom is -0.444 e. The molecule has 0 atom stereocenters. The van der Waals surface area contributed by atoms with Crippen LogP contribution in [0.4, 0.5) is 10.5 Å². The van der Waals surface area contributed by atoms with Crippen molar-refractivity contribution in [2.45, 2.75) is 39.5 Å². The molecule has 1 heterocycles. The lowest BCUT2D eigenvalue weighted by molar-refractivity contribution is 0.0242. The highest BCUT2D eigenvalue weighted by Gasteiger charge is 2.28. The Labute approximate surface area is 107 Å². The van der Waals surface area contributed by atoms with Gasteiger partial charge in [0, 0.05) is 12.1 Å². The minimum atomic E-state index is -0.467. The number of nitrogens with zero attached hydrogens (tertiary/aromatic N) is 2. The molecule has 0 aromatic heterocycles. The maximum absolute atomic E-state index is 12.0. The lowest BCUT2D eigenvalue weighted by atomic mass is 10.1. The van der Waals surface area contributed by atoms with Gasteiger partial charge in [-0.15, -0.1) is 0 Å². The lowest BCUT2D eigenvalue weighted by Gasteiger charge is -2.24. The van der Waals surface area contributed by atoms with Gasteiger partial charge in [0.2, 0.25) is 0 Å². The molecule has 4 heteroatoms. The first kappa shape index (κ1) is 12.6. The van der Waals surface area contributed by atoms with E-state index in [0.29, 0.717) is 13.1 Å². The van der Waals surface area contributed by atoms with E-state index >= 15 is 0 Å². The molecule has 2 rings (SSSR count). The zero-order valence-corrected chi connectivity index (χ0v) is 11.1. The van der Waals surface area contributed by atoms with Crippen molar-refractivity contribution < 1.29 is 9.53 Å². The molecule has 0 saturated heterocycles. The van der Waals surface area contributed by atoms with Crippen LogP contribution in [0.25, 0.3) is 0 Å². The molecule has 0 N–H and O–H groups in total. The quantitative estimate of drug-likeness (QED) is 0.714. The Morgan fingerprint density at radius 2 is 2.11 bits per heavy atom. The van der Waals surface area contributed by atoms with Crippen LogP contribution in [0.5, 0.6) is 0 Å². The second-order valence-electron chi connectivity index (χ2n) is 5.41. The van der Waals surface area contributed by atoms with Crippen molar-refractivity contribution in [2.24, 2.45) is 4.99 Å². The van der Waals surface area contributed by atoms with Crippen LogP contribution < -0.4 is 0 Å². The molecule has 0 radical (unpaired) electrons. The Kier molecular flexibility index (Phi) is 3.11. The molecule has 96 valence electrons. The van der Waals surface area contributed by atoms with E-state index in [2.05, 4.69) is 11.7 Å². The SMILES string of the molecule is C=Nc1cccc2c1CN(C(=O)OC(C)(C)C)C2. The number of carbonyl (C=O) groups excluding carboxylic acids is 1. The summed E-state index contributed by atoms with van der Waals surface area (Å²) in [5, 5.41) is 0. The number of amides is 1. The van der Waals surface area contributed by atoms with Crippen molar-refractivity contribution in [3.8, 4) is 0 Å². The smallest absolute Gasteiger partial charge is 0.410 e. The predicted molar refractivity (Wildman–Crippen MR) is 71.1 cm³/mol. The molecule has 18 heavy (non-hydrogen) atoms. The third kappa shape index (κ3) is 2.53. The number of carbonyl (C=O) groups is 1. The largest absolute Gasteiger partial charge is 0.444 e. The van der Waals surface area contributed by atoms with Crippen molar-refractivity contribution in [3.63, 3.8) is 0 Å². The highest BCUT2D eigenvalue weighted by atomic mass is 16.6. The molecule has 0 unspecified atom stereocenters. The maximum atomic E-state index is 12.0. The van der Waals surface area contributed by atoms with Gasteiger partial charge in [0.1, 0.15) is 5.60 Å². The highest BCUT2D eigenvalue weighted by molar-refractivity contribution is 5.70. The fraction of sp³-hybridized carbons (Fsp3) is 0.429. The fourth-order valence-electron chi connectivity index (χ4n) is 2.01. The summed E-state index contributed by atoms with van der Waals surface area (Å²) in [6.45, 7) is 10.3. The molecule has 1 amide bonds. The third-order valence-electron chi connectivity index (χ3n) is 2.78. The van der Waals surface area contributed by atoms with Gasteiger partial charge < -0.3 is 4.74 Å². The Morgan fingerprint density at radius 1 is 1.39 bits per heavy atom. The van der Waals surface area contributed by atoms with Crippen molar-refractivity contribution in [3.05, 3.63) is 29.3 Å². The topological polar surface area (TPSA) is 41.9 Å². The van der Waals surface area contributed by atoms with Crippen LogP contribution in [0.3, 0.4) is 0 Å². The number of hydrogen-bond acceptors (Lipinski definition) is 3. The zero-order valence-electron chi connectivity index (χ0n) is 11.1. The molecule has 1 aliphatic rings. The second-order valence-corrected chi connectivity index (χ2v) is 5.41. The predicted octanol–water partition coefficient (Wildman–Crippen LogP) is 3.27. The van der Waals surface area contributed by atoms with E-state index in [0.717, 1.165) is 16.8 Å². The average Bonchev–Trinajstić information content (AvgIpc) is 2.70. The summed E-state index contributed by atoms with van der Waals surface area (Å²) in [5.74, 6) is 0. The summed E-state index contributed by atoms with van der Waals surface area (Å²) in [7, 11) is 0. The van der Waals surface area contributed by atoms with Crippen LogP contribution in [0.1, 0.15) is 31.9 Å². The van der Waals surface area contributed by atoms with Gasteiger partial charge in [0.15, 0.2) is 0 Å². The highest BCUT2D eigenvalue weighted by Crippen LogP contribution is 2.31. The Morgan fingerprint density at radius 3 is 2.72 bits per heavy atom. The standard InChI is InChI=1S/C14H18N2O2/c1-14(2,3)18-13(17)16-8-10-6-5-7-12(15-4)11(10)9-16/h5-7H,4,8-9H2,1-3H3. The summed E-state index contributed by atoms with van der Waals surface area (Å²) in [4.78, 5) is 17.7. The summed E-state index contributed by atoms with van der Waals surface area (Å²) < 4.78 is 5.37. The van der Waals surface area contributed by atoms with Crippen molar-refractivity contribution in [1.29, 1.82) is 0 Å². The fourth-order valence-corrected chi connectivity index (χ4v) is 2.01. The van der Waals surface area contributed by atoms with Crippen LogP contribution >= 0.6 is 0 Å². The molecular formula is C14H18N2O2. The number of aliphatic imine (C=N–C) groups is 1. The second kappa shape index (κ2) is 4.44. The van der Waals surface area contributed by atoms with Crippen molar-refractivity contribution in [2.75, 3.05) is 0 Å². The van der Waals surface area contributed by atoms with Gasteiger partial charge in [0.05, 0.1) is 12.2 Å². The van der Waals surface area contributed by atoms with Crippen LogP contribution in [0.2, 0.25) is 0 Å². The molecule has 0 fully saturated rings. The van der Waals surface area contributed by atoms with Gasteiger partial charge in [-0.05, 0) is 39.1 Å². The van der Waals surface area contributed by atoms with Gasteiger partial charge in [-0.3, -0.25) is 9.89 Å². The summed E-state index contributed by atoms with van der Waals surface area (Å²) in [6, 6.07) is 5.85. The Bertz CT molecular complexity index is 489. The number of fused-ring (bicyclic) bond motifs is 1. The summed E-state index contributed by atoms with van der Waals surface area (Å²) in [5.41, 5.74) is 2.56. The number of hydrogen-bond donors (Lipinski definition) is 0. The molecule has 1 aliphatic heterocycles. The Hall–Kier alpha value is -1.84. The monoisotopic (exact) mass is 246 g/mol. The summed E-state index contributed by atoms with van der Waals surface area (Å²) >= 11 is 0. The van der Waals surface area contributed by atoms with E-state index in [4.69, 9.17) is 4.74 Å². The van der Waals surface area contributed by atoms with E-state index in [9.17, 15) is 4.79 Å². The molecular weight excluding hydrogens is 228 g/mol. The third-order valence-corrected chi connectivity index (χ3v) is 2.78. The van der Waals surface area contributed by atoms with Gasteiger partial charge in [0.25, 0.3) is 0 Å². The van der Waals surface area contributed by atoms with Gasteiger partial charge in [-0.2, -0.15) is 0 Å². The summed E-state index contributed by atoms with van der Waals surface area (Å²) in [6.07, 6.45) is -0.284. The number of benzene rings is 1. The first-order valence-electron chi connectivity index (χ1n) is 5.96. The normalized spacial score (nSPS) is 14.3. The lowest BCUT2D eigenvalue weighted by Crippen LogP contribution is -2.33. The van der Waals surface area contributed by atoms with E-state index in [1.165, 1.54) is 0 Å². The molecule has 1 aromatic carbocycles. The van der Waals surface area contributed by atoms with E-state index in [1.54, 1.807) is 4.90 Å². The molecule has 0 saturated carbocycles. The van der Waals surface area contributed by atoms with Gasteiger partial charge >= 0.3 is 6.09 Å². The average molecular weight is 246 g/mol. The van der Waals surface area contributed by atoms with Gasteiger partial charge in [-0.25, -0.2) is 4.79 Å². The van der Waals surface area contributed by atoms with Crippen LogP contribution in [0, 0.1) is 0 Å². The van der Waals surface area contributed by atoms with Gasteiger partial charge in [-0.1, -0.05) is 12.1 Å². The van der Waals surface area contributed by atoms with Crippen LogP contribution in [-0.4, -0.2) is 23.3 Å². The van der Waals surface area contributed by atoms with Crippen molar-refractivity contribution >= 4 is 18.5 Å². The number of ether oxygens (including phenoxy) is 1. The molecule has 1 aromatic rings. The maximum Gasteiger partial charge on any atom is 0.410 e. The van der Waals surface area contributed by atoms with E-state index in [1.807, 2.05) is 39.0 Å². The van der Waals surface area contributed by atoms with Crippen LogP contribution in [-0.2, 0) is 17.8 Å². The van der Waals surface area contributed by atoms with Crippen molar-refractivity contribution in [1.82, 2.24) is 4.90 Å².